The Labute approximate surface area is 373 Å². The van der Waals surface area contributed by atoms with E-state index in [1.165, 1.54) is 49.1 Å². The Balaban J connectivity index is 0.895. The van der Waals surface area contributed by atoms with Gasteiger partial charge in [0, 0.05) is 49.4 Å². The first kappa shape index (κ1) is 43.6. The highest BCUT2D eigenvalue weighted by molar-refractivity contribution is 7.90. The number of hydrogen-bond acceptors (Lipinski definition) is 13. The standard InChI is InChI=1S/C47H57N9O7S/c1-30(2)36-7-4-5-8-37(36)39-9-6-20-55(39)33-25-47(26-33)17-21-54(22-18-47)41-11-10-38(45(52-41)63-34-23-32-14-19-48-42(32)50-28-34)44(57)53-64(61,62)35-24-40(56(59)60)43(51-29-35)49-27-31-12-15-46(3,58)16-13-31/h4-5,7-8,10-11,14,19,23-24,28-31,33,39,58H,6,9,12-13,15-18,20-22,25-27H2,1-3H3,(H,48,50)(H,49,51)(H,53,57)/t31-,39-,46-/m1/s1. The van der Waals surface area contributed by atoms with Crippen molar-refractivity contribution in [3.63, 3.8) is 0 Å². The number of carbonyl (C=O) groups is 1. The average molecular weight is 892 g/mol. The summed E-state index contributed by atoms with van der Waals surface area (Å²) in [5.41, 5.74) is 2.43. The van der Waals surface area contributed by atoms with Crippen molar-refractivity contribution in [3.05, 3.63) is 100.0 Å². The zero-order chi connectivity index (χ0) is 44.8. The SMILES string of the molecule is CC(C)c1ccccc1[C@H]1CCCN1C1CC2(CCN(c3ccc(C(=O)NS(=O)(=O)c4cnc(NC[C@H]5CC[C@](C)(O)CC5)c([N+](=O)[O-])c4)c(Oc4cnc5[nH]ccc5c4)n3)CC2)C1. The molecule has 17 heteroatoms. The van der Waals surface area contributed by atoms with Crippen LogP contribution < -0.4 is 19.7 Å². The van der Waals surface area contributed by atoms with E-state index >= 15 is 0 Å². The molecule has 1 aromatic carbocycles. The number of aromatic nitrogens is 4. The summed E-state index contributed by atoms with van der Waals surface area (Å²) in [5, 5.41) is 26.2. The maximum atomic E-state index is 13.9. The minimum atomic E-state index is -4.65. The van der Waals surface area contributed by atoms with Gasteiger partial charge in [0.1, 0.15) is 27.7 Å². The average Bonchev–Trinajstić information content (AvgIpc) is 3.95. The lowest BCUT2D eigenvalue weighted by molar-refractivity contribution is -0.384. The molecule has 1 spiro atoms. The van der Waals surface area contributed by atoms with Gasteiger partial charge in [-0.2, -0.15) is 4.98 Å². The smallest absolute Gasteiger partial charge is 0.312 e. The molecule has 0 unspecified atom stereocenters. The lowest BCUT2D eigenvalue weighted by atomic mass is 9.60. The van der Waals surface area contributed by atoms with Crippen molar-refractivity contribution >= 4 is 44.3 Å². The number of sulfonamides is 1. The fourth-order valence-corrected chi connectivity index (χ4v) is 11.4. The van der Waals surface area contributed by atoms with Crippen molar-refractivity contribution in [2.45, 2.75) is 113 Å². The zero-order valence-electron chi connectivity index (χ0n) is 36.6. The largest absolute Gasteiger partial charge is 0.436 e. The summed E-state index contributed by atoms with van der Waals surface area (Å²) in [5.74, 6) is 0.319. The van der Waals surface area contributed by atoms with Crippen LogP contribution in [0.3, 0.4) is 0 Å². The molecular weight excluding hydrogens is 835 g/mol. The number of fused-ring (bicyclic) bond motifs is 1. The second kappa shape index (κ2) is 17.4. The first-order valence-electron chi connectivity index (χ1n) is 22.6. The fraction of sp³-hybridized carbons (Fsp3) is 0.489. The zero-order valence-corrected chi connectivity index (χ0v) is 37.4. The van der Waals surface area contributed by atoms with Gasteiger partial charge in [-0.3, -0.25) is 19.8 Å². The van der Waals surface area contributed by atoms with Crippen LogP contribution in [-0.2, 0) is 10.0 Å². The molecule has 9 rings (SSSR count). The van der Waals surface area contributed by atoms with Crippen LogP contribution in [0.4, 0.5) is 17.3 Å². The number of ether oxygens (including phenoxy) is 1. The molecule has 6 heterocycles. The monoisotopic (exact) mass is 891 g/mol. The van der Waals surface area contributed by atoms with Crippen molar-refractivity contribution in [2.75, 3.05) is 36.4 Å². The highest BCUT2D eigenvalue weighted by Gasteiger charge is 2.50. The Morgan fingerprint density at radius 1 is 1.02 bits per heavy atom. The summed E-state index contributed by atoms with van der Waals surface area (Å²) in [4.78, 5) is 46.1. The van der Waals surface area contributed by atoms with Crippen LogP contribution in [0.25, 0.3) is 11.0 Å². The Kier molecular flexibility index (Phi) is 11.8. The van der Waals surface area contributed by atoms with Crippen LogP contribution in [0.15, 0.2) is 78.1 Å². The molecular formula is C47H57N9O7S. The molecule has 1 atom stereocenters. The molecule has 2 saturated heterocycles. The van der Waals surface area contributed by atoms with E-state index in [1.807, 2.05) is 6.07 Å². The molecule has 5 aromatic rings. The van der Waals surface area contributed by atoms with Crippen molar-refractivity contribution in [1.82, 2.24) is 29.6 Å². The molecule has 2 aliphatic heterocycles. The van der Waals surface area contributed by atoms with E-state index in [1.54, 1.807) is 25.3 Å². The van der Waals surface area contributed by atoms with E-state index in [0.717, 1.165) is 63.0 Å². The quantitative estimate of drug-likeness (QED) is 0.0650. The van der Waals surface area contributed by atoms with Crippen LogP contribution in [0.5, 0.6) is 11.6 Å². The highest BCUT2D eigenvalue weighted by atomic mass is 32.2. The summed E-state index contributed by atoms with van der Waals surface area (Å²) < 4.78 is 35.6. The molecule has 338 valence electrons. The number of nitrogens with zero attached hydrogens (tertiary/aromatic N) is 6. The lowest BCUT2D eigenvalue weighted by Crippen LogP contribution is -2.55. The van der Waals surface area contributed by atoms with E-state index in [2.05, 4.69) is 72.9 Å². The Morgan fingerprint density at radius 3 is 2.53 bits per heavy atom. The number of nitro groups is 1. The third-order valence-corrected chi connectivity index (χ3v) is 15.5. The number of piperidine rings is 1. The van der Waals surface area contributed by atoms with Gasteiger partial charge in [-0.1, -0.05) is 38.1 Å². The number of hydrogen-bond donors (Lipinski definition) is 4. The second-order valence-electron chi connectivity index (χ2n) is 19.0. The van der Waals surface area contributed by atoms with Gasteiger partial charge in [0.25, 0.3) is 15.9 Å². The predicted octanol–water partition coefficient (Wildman–Crippen LogP) is 8.23. The summed E-state index contributed by atoms with van der Waals surface area (Å²) >= 11 is 0. The number of carbonyl (C=O) groups excluding carboxylic acids is 1. The van der Waals surface area contributed by atoms with Gasteiger partial charge in [-0.15, -0.1) is 0 Å². The molecule has 1 amide bonds. The molecule has 4 fully saturated rings. The van der Waals surface area contributed by atoms with Gasteiger partial charge in [0.15, 0.2) is 0 Å². The first-order valence-corrected chi connectivity index (χ1v) is 24.0. The molecule has 2 saturated carbocycles. The number of rotatable bonds is 13. The summed E-state index contributed by atoms with van der Waals surface area (Å²) in [7, 11) is -4.65. The van der Waals surface area contributed by atoms with E-state index in [9.17, 15) is 28.4 Å². The van der Waals surface area contributed by atoms with Crippen molar-refractivity contribution in [2.24, 2.45) is 11.3 Å². The van der Waals surface area contributed by atoms with Crippen LogP contribution in [0, 0.1) is 21.4 Å². The van der Waals surface area contributed by atoms with Crippen LogP contribution in [-0.4, -0.2) is 87.0 Å². The number of aromatic amines is 1. The first-order chi connectivity index (χ1) is 30.7. The summed E-state index contributed by atoms with van der Waals surface area (Å²) in [6, 6.07) is 17.6. The van der Waals surface area contributed by atoms with Crippen LogP contribution in [0.2, 0.25) is 0 Å². The topological polar surface area (TPSA) is 209 Å². The fourth-order valence-electron chi connectivity index (χ4n) is 10.5. The number of pyridine rings is 3. The molecule has 4 N–H and O–H groups in total. The summed E-state index contributed by atoms with van der Waals surface area (Å²) in [6.07, 6.45) is 13.7. The number of aliphatic hydroxyl groups is 1. The van der Waals surface area contributed by atoms with Gasteiger partial charge < -0.3 is 25.0 Å². The molecule has 64 heavy (non-hydrogen) atoms. The van der Waals surface area contributed by atoms with Gasteiger partial charge in [0.2, 0.25) is 11.7 Å². The van der Waals surface area contributed by atoms with Gasteiger partial charge in [0.05, 0.1) is 22.9 Å². The Morgan fingerprint density at radius 2 is 1.78 bits per heavy atom. The van der Waals surface area contributed by atoms with E-state index in [4.69, 9.17) is 9.72 Å². The van der Waals surface area contributed by atoms with Crippen LogP contribution >= 0.6 is 0 Å². The molecule has 2 aliphatic carbocycles. The Bertz CT molecular complexity index is 2640. The minimum absolute atomic E-state index is 0.0830. The Hall–Kier alpha value is -5.65. The maximum Gasteiger partial charge on any atom is 0.312 e. The summed E-state index contributed by atoms with van der Waals surface area (Å²) in [6.45, 7) is 9.41. The minimum Gasteiger partial charge on any atom is -0.436 e. The van der Waals surface area contributed by atoms with Gasteiger partial charge >= 0.3 is 5.69 Å². The van der Waals surface area contributed by atoms with Gasteiger partial charge in [-0.25, -0.2) is 23.1 Å². The maximum absolute atomic E-state index is 13.9. The lowest BCUT2D eigenvalue weighted by Gasteiger charge is -2.56. The second-order valence-corrected chi connectivity index (χ2v) is 20.7. The van der Waals surface area contributed by atoms with Crippen LogP contribution in [0.1, 0.15) is 118 Å². The third-order valence-electron chi connectivity index (χ3n) is 14.2. The third kappa shape index (κ3) is 9.02. The van der Waals surface area contributed by atoms with Gasteiger partial charge in [-0.05, 0) is 130 Å². The number of H-pyrrole nitrogens is 1. The molecule has 0 bridgehead atoms. The molecule has 0 radical (unpaired) electrons. The molecule has 4 aliphatic rings. The number of likely N-dealkylation sites (tertiary alicyclic amines) is 1. The normalized spacial score (nSPS) is 22.7. The van der Waals surface area contributed by atoms with Crippen molar-refractivity contribution in [3.8, 4) is 11.6 Å². The van der Waals surface area contributed by atoms with Crippen molar-refractivity contribution in [1.29, 1.82) is 0 Å². The van der Waals surface area contributed by atoms with E-state index in [-0.39, 0.29) is 28.6 Å². The van der Waals surface area contributed by atoms with E-state index < -0.39 is 37.0 Å². The number of benzene rings is 1. The number of nitrogens with one attached hydrogen (secondary N) is 3. The highest BCUT2D eigenvalue weighted by Crippen LogP contribution is 2.54. The molecule has 4 aromatic heterocycles. The van der Waals surface area contributed by atoms with Crippen molar-refractivity contribution < 1.29 is 28.0 Å². The van der Waals surface area contributed by atoms with E-state index in [0.29, 0.717) is 54.6 Å². The molecule has 16 nitrogen and oxygen atoms in total. The predicted molar refractivity (Wildman–Crippen MR) is 243 cm³/mol. The number of amides is 1. The number of anilines is 2.